The van der Waals surface area contributed by atoms with E-state index in [4.69, 9.17) is 16.7 Å². The van der Waals surface area contributed by atoms with Crippen LogP contribution in [-0.2, 0) is 6.54 Å². The van der Waals surface area contributed by atoms with Gasteiger partial charge in [-0.1, -0.05) is 18.5 Å². The molecule has 6 heteroatoms. The number of hydrogen-bond donors (Lipinski definition) is 1. The molecule has 1 aromatic rings. The third kappa shape index (κ3) is 4.22. The smallest absolute Gasteiger partial charge is 0.270 e. The predicted octanol–water partition coefficient (Wildman–Crippen LogP) is 1.69. The Hall–Kier alpha value is -1.04. The summed E-state index contributed by atoms with van der Waals surface area (Å²) in [6, 6.07) is 1.76. The third-order valence-corrected chi connectivity index (χ3v) is 4.05. The number of carbonyl (C=O) groups is 1. The average Bonchev–Trinajstić information content (AvgIpc) is 2.68. The Labute approximate surface area is 131 Å². The van der Waals surface area contributed by atoms with Crippen LogP contribution in [0.2, 0.25) is 5.02 Å². The highest BCUT2D eigenvalue weighted by molar-refractivity contribution is 6.31. The van der Waals surface area contributed by atoms with Gasteiger partial charge in [-0.15, -0.1) is 0 Å². The molecule has 0 atom stereocenters. The Kier molecular flexibility index (Phi) is 6.08. The van der Waals surface area contributed by atoms with Crippen LogP contribution in [0, 0.1) is 0 Å². The fraction of sp³-hybridized carbons (Fsp3) is 0.667. The number of aromatic nitrogens is 1. The van der Waals surface area contributed by atoms with Gasteiger partial charge in [-0.05, 0) is 25.5 Å². The summed E-state index contributed by atoms with van der Waals surface area (Å²) >= 11 is 6.05. The summed E-state index contributed by atoms with van der Waals surface area (Å²) in [7, 11) is 0. The van der Waals surface area contributed by atoms with Gasteiger partial charge in [0.2, 0.25) is 0 Å². The lowest BCUT2D eigenvalue weighted by molar-refractivity contribution is 0.0749. The van der Waals surface area contributed by atoms with Gasteiger partial charge in [-0.2, -0.15) is 0 Å². The van der Waals surface area contributed by atoms with Crippen LogP contribution in [0.1, 0.15) is 30.3 Å². The lowest BCUT2D eigenvalue weighted by Crippen LogP contribution is -2.36. The van der Waals surface area contributed by atoms with Gasteiger partial charge in [0, 0.05) is 38.9 Å². The van der Waals surface area contributed by atoms with E-state index >= 15 is 0 Å². The van der Waals surface area contributed by atoms with Crippen LogP contribution in [0.3, 0.4) is 0 Å². The molecule has 2 rings (SSSR count). The van der Waals surface area contributed by atoms with Crippen molar-refractivity contribution < 1.29 is 9.90 Å². The minimum absolute atomic E-state index is 0.0567. The van der Waals surface area contributed by atoms with E-state index in [-0.39, 0.29) is 12.5 Å². The van der Waals surface area contributed by atoms with Crippen molar-refractivity contribution in [2.24, 2.45) is 0 Å². The first-order chi connectivity index (χ1) is 10.2. The number of β-amino-alcohol motifs (C(OH)–C–C–N with tert-alkyl or cyclic N) is 1. The summed E-state index contributed by atoms with van der Waals surface area (Å²) in [5.41, 5.74) is 0.678. The van der Waals surface area contributed by atoms with Gasteiger partial charge in [0.05, 0.1) is 11.6 Å². The lowest BCUT2D eigenvalue weighted by atomic mass is 10.3. The standard InChI is InChI=1S/C15H24ClN3O2/c1-2-4-19-12-13(16)11-14(19)15(21)18-6-3-5-17(7-8-18)9-10-20/h11-12,20H,2-10H2,1H3. The van der Waals surface area contributed by atoms with Gasteiger partial charge >= 0.3 is 0 Å². The van der Waals surface area contributed by atoms with Crippen molar-refractivity contribution >= 4 is 17.5 Å². The number of aliphatic hydroxyl groups is 1. The largest absolute Gasteiger partial charge is 0.395 e. The molecular weight excluding hydrogens is 290 g/mol. The third-order valence-electron chi connectivity index (χ3n) is 3.84. The molecule has 0 aliphatic carbocycles. The Morgan fingerprint density at radius 2 is 2.10 bits per heavy atom. The summed E-state index contributed by atoms with van der Waals surface area (Å²) < 4.78 is 1.95. The maximum absolute atomic E-state index is 12.7. The molecule has 2 heterocycles. The van der Waals surface area contributed by atoms with E-state index in [9.17, 15) is 4.79 Å². The molecule has 1 aromatic heterocycles. The van der Waals surface area contributed by atoms with E-state index in [1.54, 1.807) is 6.07 Å². The first-order valence-electron chi connectivity index (χ1n) is 7.64. The van der Waals surface area contributed by atoms with Crippen molar-refractivity contribution in [2.75, 3.05) is 39.3 Å². The van der Waals surface area contributed by atoms with Crippen LogP contribution in [0.15, 0.2) is 12.3 Å². The first kappa shape index (κ1) is 16.3. The van der Waals surface area contributed by atoms with E-state index in [0.717, 1.165) is 39.0 Å². The van der Waals surface area contributed by atoms with Crippen molar-refractivity contribution in [3.63, 3.8) is 0 Å². The minimum atomic E-state index is 0.0567. The molecule has 21 heavy (non-hydrogen) atoms. The molecule has 1 aliphatic rings. The molecule has 1 N–H and O–H groups in total. The first-order valence-corrected chi connectivity index (χ1v) is 8.01. The van der Waals surface area contributed by atoms with Crippen LogP contribution in [0.25, 0.3) is 0 Å². The summed E-state index contributed by atoms with van der Waals surface area (Å²) in [6.07, 6.45) is 3.73. The molecule has 0 spiro atoms. The highest BCUT2D eigenvalue weighted by Gasteiger charge is 2.22. The van der Waals surface area contributed by atoms with Gasteiger partial charge in [-0.3, -0.25) is 9.69 Å². The maximum atomic E-state index is 12.7. The number of halogens is 1. The van der Waals surface area contributed by atoms with Crippen molar-refractivity contribution in [1.82, 2.24) is 14.4 Å². The summed E-state index contributed by atoms with van der Waals surface area (Å²) in [6.45, 7) is 6.95. The number of hydrogen-bond acceptors (Lipinski definition) is 3. The number of aliphatic hydroxyl groups excluding tert-OH is 1. The summed E-state index contributed by atoms with van der Waals surface area (Å²) in [5, 5.41) is 9.64. The quantitative estimate of drug-likeness (QED) is 0.900. The van der Waals surface area contributed by atoms with Gasteiger partial charge in [0.15, 0.2) is 0 Å². The van der Waals surface area contributed by atoms with Crippen LogP contribution < -0.4 is 0 Å². The van der Waals surface area contributed by atoms with Gasteiger partial charge < -0.3 is 14.6 Å². The van der Waals surface area contributed by atoms with Crippen molar-refractivity contribution in [2.45, 2.75) is 26.3 Å². The molecule has 0 unspecified atom stereocenters. The Morgan fingerprint density at radius 3 is 2.81 bits per heavy atom. The second-order valence-corrected chi connectivity index (χ2v) is 5.88. The topological polar surface area (TPSA) is 48.7 Å². The molecule has 5 nitrogen and oxygen atoms in total. The molecule has 1 aliphatic heterocycles. The minimum Gasteiger partial charge on any atom is -0.395 e. The molecular formula is C15H24ClN3O2. The van der Waals surface area contributed by atoms with Crippen molar-refractivity contribution in [3.8, 4) is 0 Å². The normalized spacial score (nSPS) is 17.0. The molecule has 0 saturated carbocycles. The number of nitrogens with zero attached hydrogens (tertiary/aromatic N) is 3. The fourth-order valence-corrected chi connectivity index (χ4v) is 3.00. The number of amides is 1. The number of aryl methyl sites for hydroxylation is 1. The van der Waals surface area contributed by atoms with E-state index in [1.165, 1.54) is 0 Å². The maximum Gasteiger partial charge on any atom is 0.270 e. The monoisotopic (exact) mass is 313 g/mol. The molecule has 0 bridgehead atoms. The molecule has 1 saturated heterocycles. The SMILES string of the molecule is CCCn1cc(Cl)cc1C(=O)N1CCCN(CCO)CC1. The zero-order valence-corrected chi connectivity index (χ0v) is 13.3. The molecule has 0 aromatic carbocycles. The second kappa shape index (κ2) is 7.82. The lowest BCUT2D eigenvalue weighted by Gasteiger charge is -2.22. The number of rotatable bonds is 5. The highest BCUT2D eigenvalue weighted by atomic mass is 35.5. The molecule has 118 valence electrons. The molecule has 1 amide bonds. The highest BCUT2D eigenvalue weighted by Crippen LogP contribution is 2.17. The molecule has 0 radical (unpaired) electrons. The number of carbonyl (C=O) groups excluding carboxylic acids is 1. The van der Waals surface area contributed by atoms with E-state index in [2.05, 4.69) is 11.8 Å². The average molecular weight is 314 g/mol. The zero-order chi connectivity index (χ0) is 15.2. The van der Waals surface area contributed by atoms with Crippen LogP contribution in [0.5, 0.6) is 0 Å². The van der Waals surface area contributed by atoms with Gasteiger partial charge in [0.25, 0.3) is 5.91 Å². The molecule has 1 fully saturated rings. The Bertz CT molecular complexity index is 475. The Balaban J connectivity index is 2.05. The predicted molar refractivity (Wildman–Crippen MR) is 83.8 cm³/mol. The Morgan fingerprint density at radius 1 is 1.29 bits per heavy atom. The van der Waals surface area contributed by atoms with E-state index in [1.807, 2.05) is 15.7 Å². The van der Waals surface area contributed by atoms with Crippen molar-refractivity contribution in [3.05, 3.63) is 23.0 Å². The van der Waals surface area contributed by atoms with E-state index < -0.39 is 0 Å². The van der Waals surface area contributed by atoms with Crippen LogP contribution >= 0.6 is 11.6 Å². The summed E-state index contributed by atoms with van der Waals surface area (Å²) in [5.74, 6) is 0.0567. The van der Waals surface area contributed by atoms with E-state index in [0.29, 0.717) is 23.8 Å². The zero-order valence-electron chi connectivity index (χ0n) is 12.6. The van der Waals surface area contributed by atoms with Crippen molar-refractivity contribution in [1.29, 1.82) is 0 Å². The van der Waals surface area contributed by atoms with Crippen LogP contribution in [-0.4, -0.2) is 64.7 Å². The fourth-order valence-electron chi connectivity index (χ4n) is 2.78. The summed E-state index contributed by atoms with van der Waals surface area (Å²) in [4.78, 5) is 16.8. The van der Waals surface area contributed by atoms with Gasteiger partial charge in [-0.25, -0.2) is 0 Å². The second-order valence-electron chi connectivity index (χ2n) is 5.45. The van der Waals surface area contributed by atoms with Gasteiger partial charge in [0.1, 0.15) is 5.69 Å². The van der Waals surface area contributed by atoms with Crippen LogP contribution in [0.4, 0.5) is 0 Å².